The number of pyridine rings is 1. The summed E-state index contributed by atoms with van der Waals surface area (Å²) < 4.78 is 5.27. The average molecular weight is 345 g/mol. The molecule has 0 aromatic carbocycles. The van der Waals surface area contributed by atoms with Gasteiger partial charge in [-0.15, -0.1) is 0 Å². The zero-order valence-electron chi connectivity index (χ0n) is 13.9. The maximum Gasteiger partial charge on any atom is 0.242 e. The van der Waals surface area contributed by atoms with E-state index < -0.39 is 0 Å². The fourth-order valence-corrected chi connectivity index (χ4v) is 3.74. The van der Waals surface area contributed by atoms with E-state index in [1.165, 1.54) is 11.8 Å². The Morgan fingerprint density at radius 2 is 2.25 bits per heavy atom. The fourth-order valence-electron chi connectivity index (χ4n) is 2.71. The molecule has 0 aliphatic carbocycles. The van der Waals surface area contributed by atoms with E-state index in [-0.39, 0.29) is 18.4 Å². The molecule has 0 unspecified atom stereocenters. The molecule has 0 saturated heterocycles. The van der Waals surface area contributed by atoms with Gasteiger partial charge in [0.05, 0.1) is 24.2 Å². The molecule has 2 aromatic heterocycles. The highest BCUT2D eigenvalue weighted by molar-refractivity contribution is 8.00. The van der Waals surface area contributed by atoms with Crippen molar-refractivity contribution in [3.05, 3.63) is 41.5 Å². The molecule has 1 aliphatic heterocycles. The van der Waals surface area contributed by atoms with E-state index in [0.717, 1.165) is 22.0 Å². The van der Waals surface area contributed by atoms with Gasteiger partial charge < -0.3 is 9.32 Å². The number of carbonyl (C=O) groups excluding carboxylic acids is 2. The minimum absolute atomic E-state index is 0.00911. The number of likely N-dealkylation sites (N-methyl/N-ethyl adjacent to an activating group) is 1. The Labute approximate surface area is 144 Å². The van der Waals surface area contributed by atoms with Crippen molar-refractivity contribution in [2.75, 3.05) is 24.2 Å². The molecule has 0 fully saturated rings. The summed E-state index contributed by atoms with van der Waals surface area (Å²) in [6, 6.07) is 5.54. The monoisotopic (exact) mass is 345 g/mol. The van der Waals surface area contributed by atoms with Gasteiger partial charge in [0.25, 0.3) is 0 Å². The van der Waals surface area contributed by atoms with Crippen molar-refractivity contribution in [1.29, 1.82) is 0 Å². The summed E-state index contributed by atoms with van der Waals surface area (Å²) in [6.45, 7) is 4.25. The first-order valence-corrected chi connectivity index (χ1v) is 8.62. The number of rotatable bonds is 4. The van der Waals surface area contributed by atoms with Gasteiger partial charge in [-0.1, -0.05) is 11.8 Å². The van der Waals surface area contributed by atoms with Crippen LogP contribution in [0, 0.1) is 13.8 Å². The first kappa shape index (κ1) is 16.6. The fraction of sp³-hybridized carbons (Fsp3) is 0.353. The summed E-state index contributed by atoms with van der Waals surface area (Å²) in [5, 5.41) is 0.814. The topological polar surface area (TPSA) is 66.7 Å². The molecule has 2 aromatic rings. The van der Waals surface area contributed by atoms with Gasteiger partial charge in [-0.2, -0.15) is 0 Å². The first-order chi connectivity index (χ1) is 11.5. The number of anilines is 1. The highest BCUT2D eigenvalue weighted by Crippen LogP contribution is 2.36. The molecule has 7 heteroatoms. The number of hydrogen-bond acceptors (Lipinski definition) is 5. The van der Waals surface area contributed by atoms with Gasteiger partial charge in [-0.05, 0) is 37.6 Å². The zero-order chi connectivity index (χ0) is 17.3. The molecule has 126 valence electrons. The standard InChI is InChI=1S/C17H19N3O3S/c1-11-7-12(2)18-17-16(11)20(15(22)10-24-17)9-14(21)19(3)8-13-5-4-6-23-13/h4-7H,8-10H2,1-3H3. The Hall–Kier alpha value is -2.28. The van der Waals surface area contributed by atoms with Crippen molar-refractivity contribution in [2.45, 2.75) is 25.4 Å². The molecule has 3 rings (SSSR count). The third-order valence-electron chi connectivity index (χ3n) is 3.87. The van der Waals surface area contributed by atoms with Crippen molar-refractivity contribution in [1.82, 2.24) is 9.88 Å². The predicted octanol–water partition coefficient (Wildman–Crippen LogP) is 2.39. The van der Waals surface area contributed by atoms with Crippen molar-refractivity contribution < 1.29 is 14.0 Å². The van der Waals surface area contributed by atoms with Crippen LogP contribution in [0.4, 0.5) is 5.69 Å². The van der Waals surface area contributed by atoms with Gasteiger partial charge in [-0.3, -0.25) is 14.5 Å². The van der Waals surface area contributed by atoms with E-state index in [9.17, 15) is 9.59 Å². The number of aryl methyl sites for hydroxylation is 2. The van der Waals surface area contributed by atoms with Gasteiger partial charge in [0.2, 0.25) is 11.8 Å². The Morgan fingerprint density at radius 3 is 2.96 bits per heavy atom. The van der Waals surface area contributed by atoms with Crippen LogP contribution in [-0.4, -0.2) is 41.0 Å². The normalized spacial score (nSPS) is 13.8. The van der Waals surface area contributed by atoms with Crippen LogP contribution in [0.5, 0.6) is 0 Å². The maximum absolute atomic E-state index is 12.5. The molecule has 3 heterocycles. The van der Waals surface area contributed by atoms with E-state index in [1.807, 2.05) is 26.0 Å². The third-order valence-corrected chi connectivity index (χ3v) is 4.82. The quantitative estimate of drug-likeness (QED) is 0.851. The molecule has 0 bridgehead atoms. The van der Waals surface area contributed by atoms with Crippen LogP contribution in [0.25, 0.3) is 0 Å². The summed E-state index contributed by atoms with van der Waals surface area (Å²) in [6.07, 6.45) is 1.58. The second kappa shape index (κ2) is 6.68. The van der Waals surface area contributed by atoms with Crippen LogP contribution in [-0.2, 0) is 16.1 Å². The number of nitrogens with zero attached hydrogens (tertiary/aromatic N) is 3. The van der Waals surface area contributed by atoms with Gasteiger partial charge in [0.15, 0.2) is 0 Å². The van der Waals surface area contributed by atoms with Crippen LogP contribution in [0.15, 0.2) is 33.9 Å². The van der Waals surface area contributed by atoms with Crippen molar-refractivity contribution in [3.8, 4) is 0 Å². The van der Waals surface area contributed by atoms with Gasteiger partial charge in [0, 0.05) is 12.7 Å². The Kier molecular flexibility index (Phi) is 4.62. The van der Waals surface area contributed by atoms with Gasteiger partial charge in [-0.25, -0.2) is 4.98 Å². The summed E-state index contributed by atoms with van der Waals surface area (Å²) in [4.78, 5) is 32.5. The van der Waals surface area contributed by atoms with Crippen molar-refractivity contribution in [2.24, 2.45) is 0 Å². The molecular formula is C17H19N3O3S. The van der Waals surface area contributed by atoms with E-state index in [4.69, 9.17) is 4.42 Å². The van der Waals surface area contributed by atoms with Crippen LogP contribution in [0.2, 0.25) is 0 Å². The Morgan fingerprint density at radius 1 is 1.46 bits per heavy atom. The van der Waals surface area contributed by atoms with Crippen LogP contribution >= 0.6 is 11.8 Å². The van der Waals surface area contributed by atoms with Crippen molar-refractivity contribution in [3.63, 3.8) is 0 Å². The largest absolute Gasteiger partial charge is 0.467 e. The van der Waals surface area contributed by atoms with E-state index in [1.54, 1.807) is 29.2 Å². The Balaban J connectivity index is 1.79. The lowest BCUT2D eigenvalue weighted by Crippen LogP contribution is -2.44. The molecule has 0 spiro atoms. The second-order valence-corrected chi connectivity index (χ2v) is 6.80. The highest BCUT2D eigenvalue weighted by atomic mass is 32.2. The third kappa shape index (κ3) is 3.31. The number of furan rings is 1. The maximum atomic E-state index is 12.5. The number of carbonyl (C=O) groups is 2. The van der Waals surface area contributed by atoms with Gasteiger partial charge in [0.1, 0.15) is 17.3 Å². The SMILES string of the molecule is Cc1cc(C)c2c(n1)SCC(=O)N2CC(=O)N(C)Cc1ccco1. The average Bonchev–Trinajstić information content (AvgIpc) is 3.02. The van der Waals surface area contributed by atoms with E-state index >= 15 is 0 Å². The lowest BCUT2D eigenvalue weighted by molar-refractivity contribution is -0.130. The molecule has 0 N–H and O–H groups in total. The van der Waals surface area contributed by atoms with E-state index in [2.05, 4.69) is 4.98 Å². The minimum Gasteiger partial charge on any atom is -0.467 e. The molecular weight excluding hydrogens is 326 g/mol. The molecule has 2 amide bonds. The van der Waals surface area contributed by atoms with Crippen molar-refractivity contribution >= 4 is 29.3 Å². The number of fused-ring (bicyclic) bond motifs is 1. The zero-order valence-corrected chi connectivity index (χ0v) is 14.7. The molecule has 1 aliphatic rings. The molecule has 0 radical (unpaired) electrons. The molecule has 24 heavy (non-hydrogen) atoms. The number of hydrogen-bond donors (Lipinski definition) is 0. The van der Waals surface area contributed by atoms with Crippen LogP contribution in [0.3, 0.4) is 0 Å². The number of aromatic nitrogens is 1. The number of amides is 2. The smallest absolute Gasteiger partial charge is 0.242 e. The first-order valence-electron chi connectivity index (χ1n) is 7.63. The molecule has 0 saturated carbocycles. The summed E-state index contributed by atoms with van der Waals surface area (Å²) >= 11 is 1.43. The minimum atomic E-state index is -0.141. The van der Waals surface area contributed by atoms with Gasteiger partial charge >= 0.3 is 0 Å². The highest BCUT2D eigenvalue weighted by Gasteiger charge is 2.30. The molecule has 0 atom stereocenters. The summed E-state index contributed by atoms with van der Waals surface area (Å²) in [5.74, 6) is 0.803. The lowest BCUT2D eigenvalue weighted by Gasteiger charge is -2.30. The lowest BCUT2D eigenvalue weighted by atomic mass is 10.2. The van der Waals surface area contributed by atoms with Crippen LogP contribution < -0.4 is 4.90 Å². The summed E-state index contributed by atoms with van der Waals surface area (Å²) in [7, 11) is 1.70. The Bertz CT molecular complexity index is 774. The number of thioether (sulfide) groups is 1. The van der Waals surface area contributed by atoms with E-state index in [0.29, 0.717) is 18.1 Å². The van der Waals surface area contributed by atoms with Crippen LogP contribution in [0.1, 0.15) is 17.0 Å². The predicted molar refractivity (Wildman–Crippen MR) is 92.0 cm³/mol. The summed E-state index contributed by atoms with van der Waals surface area (Å²) in [5.41, 5.74) is 2.62. The second-order valence-electron chi connectivity index (χ2n) is 5.83. The molecule has 6 nitrogen and oxygen atoms in total.